The number of nitrogens with zero attached hydrogens (tertiary/aromatic N) is 1. The maximum atomic E-state index is 11.4. The van der Waals surface area contributed by atoms with E-state index in [0.29, 0.717) is 32.4 Å². The molecular weight excluding hydrogens is 194 g/mol. The number of hydrogen-bond acceptors (Lipinski definition) is 2. The number of likely N-dealkylation sites (tertiary alicyclic amines) is 1. The molecule has 15 heavy (non-hydrogen) atoms. The second-order valence-corrected chi connectivity index (χ2v) is 5.26. The van der Waals surface area contributed by atoms with Crippen LogP contribution in [0.25, 0.3) is 0 Å². The predicted molar refractivity (Wildman–Crippen MR) is 56.6 cm³/mol. The summed E-state index contributed by atoms with van der Waals surface area (Å²) >= 11 is 0. The van der Waals surface area contributed by atoms with Crippen molar-refractivity contribution in [3.8, 4) is 0 Å². The molecule has 0 radical (unpaired) electrons. The molecule has 0 aromatic heterocycles. The van der Waals surface area contributed by atoms with Gasteiger partial charge in [0.05, 0.1) is 19.5 Å². The largest absolute Gasteiger partial charge is 0.513 e. The van der Waals surface area contributed by atoms with Gasteiger partial charge in [-0.25, -0.2) is 4.48 Å². The minimum atomic E-state index is -0.808. The van der Waals surface area contributed by atoms with E-state index in [1.807, 2.05) is 20.8 Å². The van der Waals surface area contributed by atoms with Crippen LogP contribution in [0.15, 0.2) is 0 Å². The number of carbonyl (C=O) groups is 2. The van der Waals surface area contributed by atoms with Gasteiger partial charge in [0.1, 0.15) is 11.3 Å². The minimum absolute atomic E-state index is 0.0126. The van der Waals surface area contributed by atoms with Crippen LogP contribution >= 0.6 is 0 Å². The second-order valence-electron chi connectivity index (χ2n) is 5.26. The third kappa shape index (κ3) is 2.20. The molecule has 0 saturated carbocycles. The van der Waals surface area contributed by atoms with Crippen LogP contribution in [-0.4, -0.2) is 40.1 Å². The third-order valence-electron chi connectivity index (χ3n) is 3.42. The lowest BCUT2D eigenvalue weighted by molar-refractivity contribution is -0.902. The molecule has 0 aromatic rings. The summed E-state index contributed by atoms with van der Waals surface area (Å²) in [7, 11) is 0. The van der Waals surface area contributed by atoms with Crippen molar-refractivity contribution in [1.29, 1.82) is 0 Å². The first-order valence-corrected chi connectivity index (χ1v) is 5.42. The summed E-state index contributed by atoms with van der Waals surface area (Å²) in [6.07, 6.45) is 0.798. The Morgan fingerprint density at radius 3 is 2.33 bits per heavy atom. The fourth-order valence-corrected chi connectivity index (χ4v) is 2.25. The van der Waals surface area contributed by atoms with Crippen molar-refractivity contribution in [2.24, 2.45) is 0 Å². The molecule has 0 bridgehead atoms. The zero-order valence-electron chi connectivity index (χ0n) is 9.75. The van der Waals surface area contributed by atoms with Crippen molar-refractivity contribution in [3.05, 3.63) is 0 Å². The molecule has 0 aliphatic carbocycles. The van der Waals surface area contributed by atoms with E-state index < -0.39 is 6.09 Å². The molecular formula is C11H20NO3+. The molecule has 1 atom stereocenters. The second kappa shape index (κ2) is 3.93. The van der Waals surface area contributed by atoms with Crippen molar-refractivity contribution >= 4 is 11.9 Å². The maximum absolute atomic E-state index is 11.4. The standard InChI is InChI=1S/C11H19NO3/c1-11(2,3)12(10(14)15)7-4-5-9(13)6-8-12/h4-8H2,1-3H3/p+1. The van der Waals surface area contributed by atoms with Crippen molar-refractivity contribution in [1.82, 2.24) is 0 Å². The van der Waals surface area contributed by atoms with Crippen molar-refractivity contribution < 1.29 is 19.2 Å². The van der Waals surface area contributed by atoms with Crippen LogP contribution in [0.1, 0.15) is 40.0 Å². The Labute approximate surface area is 90.5 Å². The molecule has 1 saturated heterocycles. The van der Waals surface area contributed by atoms with Gasteiger partial charge in [-0.3, -0.25) is 4.79 Å². The van der Waals surface area contributed by atoms with E-state index in [4.69, 9.17) is 0 Å². The molecule has 0 spiro atoms. The number of carbonyl (C=O) groups excluding carboxylic acids is 1. The molecule has 1 N–H and O–H groups in total. The number of carboxylic acid groups (broad SMARTS) is 1. The van der Waals surface area contributed by atoms with Crippen molar-refractivity contribution in [3.63, 3.8) is 0 Å². The number of quaternary nitrogens is 1. The first-order valence-electron chi connectivity index (χ1n) is 5.42. The Hall–Kier alpha value is -0.900. The fraction of sp³-hybridized carbons (Fsp3) is 0.818. The highest BCUT2D eigenvalue weighted by atomic mass is 16.4. The third-order valence-corrected chi connectivity index (χ3v) is 3.42. The maximum Gasteiger partial charge on any atom is 0.513 e. The molecule has 1 fully saturated rings. The summed E-state index contributed by atoms with van der Waals surface area (Å²) in [6, 6.07) is 0. The highest BCUT2D eigenvalue weighted by molar-refractivity contribution is 5.78. The molecule has 0 aromatic carbocycles. The van der Waals surface area contributed by atoms with Gasteiger partial charge < -0.3 is 5.11 Å². The van der Waals surface area contributed by atoms with Gasteiger partial charge in [-0.05, 0) is 20.8 Å². The zero-order chi connectivity index (χ0) is 11.7. The molecule has 1 aliphatic rings. The summed E-state index contributed by atoms with van der Waals surface area (Å²) in [4.78, 5) is 22.8. The van der Waals surface area contributed by atoms with Gasteiger partial charge in [0, 0.05) is 12.8 Å². The highest BCUT2D eigenvalue weighted by Gasteiger charge is 2.48. The summed E-state index contributed by atoms with van der Waals surface area (Å²) in [5.74, 6) is 0.195. The van der Waals surface area contributed by atoms with Crippen LogP contribution in [0, 0.1) is 0 Å². The quantitative estimate of drug-likeness (QED) is 0.628. The predicted octanol–water partition coefficient (Wildman–Crippen LogP) is 2.03. The van der Waals surface area contributed by atoms with Crippen LogP contribution in [0.3, 0.4) is 0 Å². The number of Topliss-reactive ketones (excluding diaryl/α,β-unsaturated/α-hetero) is 1. The van der Waals surface area contributed by atoms with Gasteiger partial charge in [-0.2, -0.15) is 4.79 Å². The molecule has 1 unspecified atom stereocenters. The van der Waals surface area contributed by atoms with E-state index in [-0.39, 0.29) is 15.8 Å². The average molecular weight is 214 g/mol. The van der Waals surface area contributed by atoms with Crippen LogP contribution in [0.5, 0.6) is 0 Å². The van der Waals surface area contributed by atoms with E-state index in [0.717, 1.165) is 0 Å². The molecule has 4 nitrogen and oxygen atoms in total. The minimum Gasteiger partial charge on any atom is -0.435 e. The molecule has 1 amide bonds. The first kappa shape index (κ1) is 12.2. The Morgan fingerprint density at radius 1 is 1.27 bits per heavy atom. The number of hydrogen-bond donors (Lipinski definition) is 1. The number of rotatable bonds is 0. The van der Waals surface area contributed by atoms with E-state index in [1.54, 1.807) is 0 Å². The van der Waals surface area contributed by atoms with Crippen LogP contribution in [0.2, 0.25) is 0 Å². The van der Waals surface area contributed by atoms with Gasteiger partial charge in [0.2, 0.25) is 0 Å². The first-order chi connectivity index (χ1) is 6.79. The lowest BCUT2D eigenvalue weighted by Gasteiger charge is -2.42. The van der Waals surface area contributed by atoms with E-state index >= 15 is 0 Å². The van der Waals surface area contributed by atoms with E-state index in [2.05, 4.69) is 0 Å². The lowest BCUT2D eigenvalue weighted by Crippen LogP contribution is -2.63. The van der Waals surface area contributed by atoms with Crippen LogP contribution in [-0.2, 0) is 4.79 Å². The highest BCUT2D eigenvalue weighted by Crippen LogP contribution is 2.29. The van der Waals surface area contributed by atoms with E-state index in [1.165, 1.54) is 0 Å². The Kier molecular flexibility index (Phi) is 3.19. The van der Waals surface area contributed by atoms with Gasteiger partial charge in [0.15, 0.2) is 0 Å². The summed E-state index contributed by atoms with van der Waals surface area (Å²) in [5, 5.41) is 9.40. The molecule has 1 heterocycles. The normalized spacial score (nSPS) is 28.6. The lowest BCUT2D eigenvalue weighted by atomic mass is 10.0. The summed E-state index contributed by atoms with van der Waals surface area (Å²) < 4.78 is 0.0126. The zero-order valence-corrected chi connectivity index (χ0v) is 9.75. The topological polar surface area (TPSA) is 54.4 Å². The number of amides is 1. The molecule has 1 rings (SSSR count). The molecule has 4 heteroatoms. The Morgan fingerprint density at radius 2 is 1.87 bits per heavy atom. The van der Waals surface area contributed by atoms with Gasteiger partial charge in [-0.1, -0.05) is 0 Å². The SMILES string of the molecule is CC(C)(C)[N+]1(C(=O)O)CCCC(=O)CC1. The fourth-order valence-electron chi connectivity index (χ4n) is 2.25. The van der Waals surface area contributed by atoms with Crippen molar-refractivity contribution in [2.75, 3.05) is 13.1 Å². The monoisotopic (exact) mass is 214 g/mol. The van der Waals surface area contributed by atoms with Crippen molar-refractivity contribution in [2.45, 2.75) is 45.6 Å². The van der Waals surface area contributed by atoms with Gasteiger partial charge in [0.25, 0.3) is 0 Å². The van der Waals surface area contributed by atoms with Gasteiger partial charge >= 0.3 is 6.09 Å². The van der Waals surface area contributed by atoms with Crippen LogP contribution in [0.4, 0.5) is 4.79 Å². The Balaban J connectivity index is 3.01. The van der Waals surface area contributed by atoms with Crippen LogP contribution < -0.4 is 0 Å². The van der Waals surface area contributed by atoms with Gasteiger partial charge in [-0.15, -0.1) is 0 Å². The van der Waals surface area contributed by atoms with E-state index in [9.17, 15) is 14.7 Å². The smallest absolute Gasteiger partial charge is 0.435 e. The number of ketones is 1. The summed E-state index contributed by atoms with van der Waals surface area (Å²) in [5.41, 5.74) is -0.351. The average Bonchev–Trinajstić information content (AvgIpc) is 2.26. The summed E-state index contributed by atoms with van der Waals surface area (Å²) in [6.45, 7) is 6.77. The molecule has 86 valence electrons. The molecule has 1 aliphatic heterocycles. The Bertz CT molecular complexity index is 280.